The lowest BCUT2D eigenvalue weighted by molar-refractivity contribution is -0.137. The Kier molecular flexibility index (Phi) is 3.30. The second kappa shape index (κ2) is 4.64. The van der Waals surface area contributed by atoms with Crippen LogP contribution in [-0.4, -0.2) is 42.9 Å². The van der Waals surface area contributed by atoms with Crippen LogP contribution in [0.5, 0.6) is 0 Å². The summed E-state index contributed by atoms with van der Waals surface area (Å²) in [5, 5.41) is 19.4. The van der Waals surface area contributed by atoms with Gasteiger partial charge in [-0.2, -0.15) is 0 Å². The second-order valence-corrected chi connectivity index (χ2v) is 4.42. The van der Waals surface area contributed by atoms with Gasteiger partial charge in [-0.3, -0.25) is 4.79 Å². The van der Waals surface area contributed by atoms with Crippen molar-refractivity contribution in [1.82, 2.24) is 0 Å². The molecule has 2 rings (SSSR count). The molecule has 1 aliphatic rings. The minimum atomic E-state index is -1.73. The Labute approximate surface area is 110 Å². The summed E-state index contributed by atoms with van der Waals surface area (Å²) in [6, 6.07) is 4.49. The number of fused-ring (bicyclic) bond motifs is 1. The molecule has 0 aliphatic carbocycles. The molecule has 1 unspecified atom stereocenters. The topological polar surface area (TPSA) is 87.1 Å². The molecular weight excluding hydrogens is 250 g/mol. The van der Waals surface area contributed by atoms with E-state index in [1.165, 1.54) is 37.3 Å². The molecule has 1 amide bonds. The number of anilines is 1. The van der Waals surface area contributed by atoms with Crippen molar-refractivity contribution in [2.24, 2.45) is 0 Å². The number of ether oxygens (including phenoxy) is 1. The summed E-state index contributed by atoms with van der Waals surface area (Å²) < 4.78 is 4.61. The van der Waals surface area contributed by atoms with Crippen LogP contribution in [0.4, 0.5) is 5.69 Å². The van der Waals surface area contributed by atoms with Crippen LogP contribution in [0, 0.1) is 0 Å². The molecule has 0 aromatic heterocycles. The Hall–Kier alpha value is -1.92. The predicted octanol–water partition coefficient (Wildman–Crippen LogP) is 0.0196. The van der Waals surface area contributed by atoms with Crippen LogP contribution in [0.3, 0.4) is 0 Å². The van der Waals surface area contributed by atoms with E-state index in [-0.39, 0.29) is 13.0 Å². The molecule has 0 saturated heterocycles. The quantitative estimate of drug-likeness (QED) is 0.752. The van der Waals surface area contributed by atoms with Gasteiger partial charge >= 0.3 is 5.97 Å². The van der Waals surface area contributed by atoms with Gasteiger partial charge in [0, 0.05) is 25.6 Å². The van der Waals surface area contributed by atoms with Gasteiger partial charge < -0.3 is 19.8 Å². The van der Waals surface area contributed by atoms with E-state index in [9.17, 15) is 14.7 Å². The minimum absolute atomic E-state index is 0.0826. The first kappa shape index (κ1) is 13.5. The Morgan fingerprint density at radius 2 is 2.16 bits per heavy atom. The monoisotopic (exact) mass is 265 g/mol. The Morgan fingerprint density at radius 3 is 2.74 bits per heavy atom. The van der Waals surface area contributed by atoms with E-state index in [0.29, 0.717) is 16.8 Å². The largest absolute Gasteiger partial charge is 0.465 e. The average Bonchev–Trinajstić information content (AvgIpc) is 2.60. The van der Waals surface area contributed by atoms with Crippen molar-refractivity contribution in [2.75, 3.05) is 25.7 Å². The van der Waals surface area contributed by atoms with Gasteiger partial charge in [0.2, 0.25) is 0 Å². The standard InChI is InChI=1S/C13H15NO5/c1-14-10-7-8(11(16)19-2)3-4-9(10)13(18,5-6-15)12(14)17/h3-4,7,15,18H,5-6H2,1-2H3. The fourth-order valence-corrected chi connectivity index (χ4v) is 2.31. The number of aliphatic hydroxyl groups is 2. The number of amides is 1. The molecule has 1 aliphatic heterocycles. The molecule has 102 valence electrons. The molecule has 0 saturated carbocycles. The van der Waals surface area contributed by atoms with Gasteiger partial charge in [0.1, 0.15) is 0 Å². The number of aliphatic hydroxyl groups excluding tert-OH is 1. The summed E-state index contributed by atoms with van der Waals surface area (Å²) in [7, 11) is 2.78. The summed E-state index contributed by atoms with van der Waals surface area (Å²) in [4.78, 5) is 24.8. The number of esters is 1. The number of rotatable bonds is 3. The first-order valence-corrected chi connectivity index (χ1v) is 5.80. The van der Waals surface area contributed by atoms with Gasteiger partial charge in [-0.25, -0.2) is 4.79 Å². The van der Waals surface area contributed by atoms with E-state index in [4.69, 9.17) is 5.11 Å². The zero-order chi connectivity index (χ0) is 14.2. The van der Waals surface area contributed by atoms with Gasteiger partial charge in [0.05, 0.1) is 18.4 Å². The summed E-state index contributed by atoms with van der Waals surface area (Å²) in [5.41, 5.74) is -0.590. The van der Waals surface area contributed by atoms with Crippen molar-refractivity contribution in [2.45, 2.75) is 12.0 Å². The second-order valence-electron chi connectivity index (χ2n) is 4.42. The third-order valence-electron chi connectivity index (χ3n) is 3.36. The molecule has 6 heteroatoms. The Morgan fingerprint density at radius 1 is 1.47 bits per heavy atom. The maximum atomic E-state index is 12.1. The molecule has 1 heterocycles. The van der Waals surface area contributed by atoms with E-state index in [1.807, 2.05) is 0 Å². The maximum absolute atomic E-state index is 12.1. The fourth-order valence-electron chi connectivity index (χ4n) is 2.31. The van der Waals surface area contributed by atoms with Crippen LogP contribution in [0.15, 0.2) is 18.2 Å². The number of likely N-dealkylation sites (N-methyl/N-ethyl adjacent to an activating group) is 1. The molecule has 0 fully saturated rings. The fraction of sp³-hybridized carbons (Fsp3) is 0.385. The predicted molar refractivity (Wildman–Crippen MR) is 66.8 cm³/mol. The van der Waals surface area contributed by atoms with E-state index in [0.717, 1.165) is 0 Å². The van der Waals surface area contributed by atoms with Gasteiger partial charge in [-0.15, -0.1) is 0 Å². The average molecular weight is 265 g/mol. The lowest BCUT2D eigenvalue weighted by atomic mass is 9.91. The third-order valence-corrected chi connectivity index (χ3v) is 3.36. The summed E-state index contributed by atoms with van der Waals surface area (Å²) >= 11 is 0. The summed E-state index contributed by atoms with van der Waals surface area (Å²) in [5.74, 6) is -1.03. The van der Waals surface area contributed by atoms with Crippen molar-refractivity contribution < 1.29 is 24.5 Å². The number of carbonyl (C=O) groups excluding carboxylic acids is 2. The first-order chi connectivity index (χ1) is 8.95. The number of nitrogens with zero attached hydrogens (tertiary/aromatic N) is 1. The molecule has 2 N–H and O–H groups in total. The van der Waals surface area contributed by atoms with E-state index >= 15 is 0 Å². The molecule has 0 bridgehead atoms. The van der Waals surface area contributed by atoms with Gasteiger partial charge in [-0.1, -0.05) is 6.07 Å². The van der Waals surface area contributed by atoms with Gasteiger partial charge in [0.15, 0.2) is 5.60 Å². The molecule has 19 heavy (non-hydrogen) atoms. The highest BCUT2D eigenvalue weighted by Crippen LogP contribution is 2.41. The van der Waals surface area contributed by atoms with Crippen LogP contribution in [0.1, 0.15) is 22.3 Å². The normalized spacial score (nSPS) is 21.5. The Balaban J connectivity index is 2.53. The van der Waals surface area contributed by atoms with Crippen LogP contribution >= 0.6 is 0 Å². The number of hydrogen-bond acceptors (Lipinski definition) is 5. The smallest absolute Gasteiger partial charge is 0.337 e. The molecule has 1 atom stereocenters. The zero-order valence-electron chi connectivity index (χ0n) is 10.7. The van der Waals surface area contributed by atoms with Crippen LogP contribution in [0.2, 0.25) is 0 Å². The Bertz CT molecular complexity index is 542. The molecule has 0 spiro atoms. The number of benzene rings is 1. The van der Waals surface area contributed by atoms with Crippen molar-refractivity contribution >= 4 is 17.6 Å². The number of hydrogen-bond donors (Lipinski definition) is 2. The zero-order valence-corrected chi connectivity index (χ0v) is 10.7. The highest BCUT2D eigenvalue weighted by Gasteiger charge is 2.48. The summed E-state index contributed by atoms with van der Waals surface area (Å²) in [6.07, 6.45) is -0.0826. The van der Waals surface area contributed by atoms with Crippen LogP contribution < -0.4 is 4.90 Å². The minimum Gasteiger partial charge on any atom is -0.465 e. The lowest BCUT2D eigenvalue weighted by Gasteiger charge is -2.20. The third kappa shape index (κ3) is 1.89. The van der Waals surface area contributed by atoms with E-state index in [2.05, 4.69) is 4.74 Å². The number of methoxy groups -OCH3 is 1. The molecule has 1 aromatic carbocycles. The van der Waals surface area contributed by atoms with E-state index < -0.39 is 17.5 Å². The van der Waals surface area contributed by atoms with Crippen molar-refractivity contribution in [3.8, 4) is 0 Å². The highest BCUT2D eigenvalue weighted by atomic mass is 16.5. The SMILES string of the molecule is COC(=O)c1ccc2c(c1)N(C)C(=O)C2(O)CCO. The first-order valence-electron chi connectivity index (χ1n) is 5.80. The maximum Gasteiger partial charge on any atom is 0.337 e. The number of carbonyl (C=O) groups is 2. The van der Waals surface area contributed by atoms with Gasteiger partial charge in [0.25, 0.3) is 5.91 Å². The van der Waals surface area contributed by atoms with Crippen LogP contribution in [-0.2, 0) is 15.1 Å². The van der Waals surface area contributed by atoms with Crippen LogP contribution in [0.25, 0.3) is 0 Å². The molecule has 6 nitrogen and oxygen atoms in total. The summed E-state index contributed by atoms with van der Waals surface area (Å²) in [6.45, 7) is -0.311. The molecular formula is C13H15NO5. The van der Waals surface area contributed by atoms with Crippen molar-refractivity contribution in [3.63, 3.8) is 0 Å². The van der Waals surface area contributed by atoms with Gasteiger partial charge in [-0.05, 0) is 12.1 Å². The highest BCUT2D eigenvalue weighted by molar-refractivity contribution is 6.07. The molecule has 1 aromatic rings. The van der Waals surface area contributed by atoms with Crippen molar-refractivity contribution in [1.29, 1.82) is 0 Å². The van der Waals surface area contributed by atoms with E-state index in [1.54, 1.807) is 0 Å². The molecule has 0 radical (unpaired) electrons. The lowest BCUT2D eigenvalue weighted by Crippen LogP contribution is -2.39. The van der Waals surface area contributed by atoms with Crippen molar-refractivity contribution in [3.05, 3.63) is 29.3 Å².